The van der Waals surface area contributed by atoms with Crippen LogP contribution in [0, 0.1) is 0 Å². The highest BCUT2D eigenvalue weighted by Crippen LogP contribution is 2.30. The first kappa shape index (κ1) is 14.2. The van der Waals surface area contributed by atoms with Crippen LogP contribution in [0.3, 0.4) is 0 Å². The monoisotopic (exact) mass is 290 g/mol. The van der Waals surface area contributed by atoms with Crippen LogP contribution in [0.1, 0.15) is 12.0 Å². The molecule has 0 bridgehead atoms. The van der Waals surface area contributed by atoms with Gasteiger partial charge in [-0.15, -0.1) is 0 Å². The summed E-state index contributed by atoms with van der Waals surface area (Å²) in [5, 5.41) is 0.488. The van der Waals surface area contributed by atoms with Gasteiger partial charge in [0, 0.05) is 25.2 Å². The van der Waals surface area contributed by atoms with Crippen molar-refractivity contribution in [2.24, 2.45) is 0 Å². The standard InChI is InChI=1S/C13H14ClF3N2/c14-11-2-1-9(7-12(11)18)8-19-5-3-10(4-6-19)13(15,16)17/h1-3,7H,4-6,8,18H2. The van der Waals surface area contributed by atoms with Crippen LogP contribution in [0.25, 0.3) is 0 Å². The first-order chi connectivity index (χ1) is 8.86. The van der Waals surface area contributed by atoms with Crippen LogP contribution in [-0.2, 0) is 6.54 Å². The van der Waals surface area contributed by atoms with Gasteiger partial charge in [0.25, 0.3) is 0 Å². The molecule has 2 rings (SSSR count). The smallest absolute Gasteiger partial charge is 0.398 e. The minimum Gasteiger partial charge on any atom is -0.398 e. The normalized spacial score (nSPS) is 17.4. The average molecular weight is 291 g/mol. The lowest BCUT2D eigenvalue weighted by atomic mass is 10.1. The van der Waals surface area contributed by atoms with Crippen molar-refractivity contribution in [2.75, 3.05) is 18.8 Å². The first-order valence-corrected chi connectivity index (χ1v) is 6.26. The van der Waals surface area contributed by atoms with Crippen LogP contribution in [0.4, 0.5) is 18.9 Å². The summed E-state index contributed by atoms with van der Waals surface area (Å²) >= 11 is 5.82. The molecule has 0 unspecified atom stereocenters. The quantitative estimate of drug-likeness (QED) is 0.666. The SMILES string of the molecule is Nc1cc(CN2CC=C(C(F)(F)F)CC2)ccc1Cl. The molecule has 0 aliphatic carbocycles. The molecule has 1 heterocycles. The van der Waals surface area contributed by atoms with Crippen LogP contribution in [0.15, 0.2) is 29.8 Å². The van der Waals surface area contributed by atoms with Gasteiger partial charge in [0.2, 0.25) is 0 Å². The molecule has 104 valence electrons. The molecule has 2 N–H and O–H groups in total. The maximum atomic E-state index is 12.5. The molecule has 0 aromatic heterocycles. The van der Waals surface area contributed by atoms with Gasteiger partial charge < -0.3 is 5.73 Å². The zero-order chi connectivity index (χ0) is 14.0. The van der Waals surface area contributed by atoms with Crippen molar-refractivity contribution in [3.05, 3.63) is 40.4 Å². The van der Waals surface area contributed by atoms with Crippen LogP contribution < -0.4 is 5.73 Å². The van der Waals surface area contributed by atoms with E-state index >= 15 is 0 Å². The van der Waals surface area contributed by atoms with Crippen LogP contribution in [-0.4, -0.2) is 24.2 Å². The number of alkyl halides is 3. The van der Waals surface area contributed by atoms with Crippen molar-refractivity contribution in [3.8, 4) is 0 Å². The number of anilines is 1. The van der Waals surface area contributed by atoms with Crippen molar-refractivity contribution >= 4 is 17.3 Å². The van der Waals surface area contributed by atoms with E-state index in [0.717, 1.165) is 5.56 Å². The highest BCUT2D eigenvalue weighted by molar-refractivity contribution is 6.33. The van der Waals surface area contributed by atoms with Gasteiger partial charge in [0.1, 0.15) is 0 Å². The summed E-state index contributed by atoms with van der Waals surface area (Å²) in [6.07, 6.45) is -2.91. The molecular weight excluding hydrogens is 277 g/mol. The van der Waals surface area contributed by atoms with Gasteiger partial charge in [-0.3, -0.25) is 4.90 Å². The van der Waals surface area contributed by atoms with Gasteiger partial charge in [-0.05, 0) is 24.1 Å². The summed E-state index contributed by atoms with van der Waals surface area (Å²) in [5.74, 6) is 0. The summed E-state index contributed by atoms with van der Waals surface area (Å²) in [6.45, 7) is 1.27. The number of nitrogens with two attached hydrogens (primary N) is 1. The third-order valence-electron chi connectivity index (χ3n) is 3.12. The summed E-state index contributed by atoms with van der Waals surface area (Å²) in [6, 6.07) is 5.29. The molecular formula is C13H14ClF3N2. The van der Waals surface area contributed by atoms with E-state index in [-0.39, 0.29) is 6.42 Å². The lowest BCUT2D eigenvalue weighted by Crippen LogP contribution is -2.31. The molecule has 1 aliphatic heterocycles. The highest BCUT2D eigenvalue weighted by Gasteiger charge is 2.34. The Hall–Kier alpha value is -1.20. The molecule has 6 heteroatoms. The van der Waals surface area contributed by atoms with Gasteiger partial charge in [0.15, 0.2) is 0 Å². The van der Waals surface area contributed by atoms with Gasteiger partial charge in [-0.1, -0.05) is 23.7 Å². The van der Waals surface area contributed by atoms with E-state index in [2.05, 4.69) is 0 Å². The Bertz CT molecular complexity index is 497. The minimum absolute atomic E-state index is 0.0343. The summed E-state index contributed by atoms with van der Waals surface area (Å²) in [4.78, 5) is 1.94. The average Bonchev–Trinajstić information content (AvgIpc) is 2.33. The Labute approximate surface area is 114 Å². The van der Waals surface area contributed by atoms with Crippen LogP contribution in [0.2, 0.25) is 5.02 Å². The second-order valence-corrected chi connectivity index (χ2v) is 4.98. The predicted octanol–water partition coefficient (Wildman–Crippen LogP) is 3.62. The molecule has 19 heavy (non-hydrogen) atoms. The Morgan fingerprint density at radius 2 is 2.05 bits per heavy atom. The molecule has 1 aliphatic rings. The van der Waals surface area contributed by atoms with E-state index in [1.165, 1.54) is 6.08 Å². The van der Waals surface area contributed by atoms with Crippen LogP contribution in [0.5, 0.6) is 0 Å². The van der Waals surface area contributed by atoms with E-state index in [0.29, 0.717) is 30.3 Å². The third-order valence-corrected chi connectivity index (χ3v) is 3.47. The molecule has 0 radical (unpaired) electrons. The number of nitrogens with zero attached hydrogens (tertiary/aromatic N) is 1. The van der Waals surface area contributed by atoms with Gasteiger partial charge in [-0.25, -0.2) is 0 Å². The molecule has 0 spiro atoms. The molecule has 0 atom stereocenters. The molecule has 0 fully saturated rings. The van der Waals surface area contributed by atoms with Gasteiger partial charge in [-0.2, -0.15) is 13.2 Å². The highest BCUT2D eigenvalue weighted by atomic mass is 35.5. The molecule has 1 aromatic carbocycles. The maximum absolute atomic E-state index is 12.5. The number of rotatable bonds is 2. The minimum atomic E-state index is -4.20. The largest absolute Gasteiger partial charge is 0.412 e. The van der Waals surface area contributed by atoms with E-state index in [1.54, 1.807) is 12.1 Å². The summed E-state index contributed by atoms with van der Waals surface area (Å²) in [5.41, 5.74) is 6.70. The number of hydrogen-bond acceptors (Lipinski definition) is 2. The fourth-order valence-corrected chi connectivity index (χ4v) is 2.18. The first-order valence-electron chi connectivity index (χ1n) is 5.89. The molecule has 0 amide bonds. The molecule has 0 saturated carbocycles. The van der Waals surface area contributed by atoms with E-state index in [9.17, 15) is 13.2 Å². The number of nitrogen functional groups attached to an aromatic ring is 1. The van der Waals surface area contributed by atoms with Crippen molar-refractivity contribution in [3.63, 3.8) is 0 Å². The maximum Gasteiger partial charge on any atom is 0.412 e. The van der Waals surface area contributed by atoms with E-state index in [4.69, 9.17) is 17.3 Å². The number of hydrogen-bond donors (Lipinski definition) is 1. The number of benzene rings is 1. The zero-order valence-corrected chi connectivity index (χ0v) is 10.9. The lowest BCUT2D eigenvalue weighted by molar-refractivity contribution is -0.0960. The van der Waals surface area contributed by atoms with Gasteiger partial charge >= 0.3 is 6.18 Å². The lowest BCUT2D eigenvalue weighted by Gasteiger charge is -2.27. The summed E-state index contributed by atoms with van der Waals surface area (Å²) < 4.78 is 37.4. The topological polar surface area (TPSA) is 29.3 Å². The second-order valence-electron chi connectivity index (χ2n) is 4.57. The number of halogens is 4. The fraction of sp³-hybridized carbons (Fsp3) is 0.385. The Morgan fingerprint density at radius 1 is 1.32 bits per heavy atom. The van der Waals surface area contributed by atoms with Crippen molar-refractivity contribution < 1.29 is 13.2 Å². The molecule has 1 aromatic rings. The van der Waals surface area contributed by atoms with E-state index < -0.39 is 11.7 Å². The predicted molar refractivity (Wildman–Crippen MR) is 69.9 cm³/mol. The Kier molecular flexibility index (Phi) is 4.06. The fourth-order valence-electron chi connectivity index (χ4n) is 2.06. The van der Waals surface area contributed by atoms with Crippen molar-refractivity contribution in [2.45, 2.75) is 19.1 Å². The van der Waals surface area contributed by atoms with Crippen molar-refractivity contribution in [1.82, 2.24) is 4.90 Å². The molecule has 0 saturated heterocycles. The third kappa shape index (κ3) is 3.64. The van der Waals surface area contributed by atoms with Gasteiger partial charge in [0.05, 0.1) is 10.7 Å². The van der Waals surface area contributed by atoms with Crippen LogP contribution >= 0.6 is 11.6 Å². The van der Waals surface area contributed by atoms with Crippen molar-refractivity contribution in [1.29, 1.82) is 0 Å². The van der Waals surface area contributed by atoms with E-state index in [1.807, 2.05) is 11.0 Å². The Morgan fingerprint density at radius 3 is 2.58 bits per heavy atom. The second kappa shape index (κ2) is 5.43. The zero-order valence-electron chi connectivity index (χ0n) is 10.2. The molecule has 2 nitrogen and oxygen atoms in total. The summed E-state index contributed by atoms with van der Waals surface area (Å²) in [7, 11) is 0. The Balaban J connectivity index is 1.99.